The van der Waals surface area contributed by atoms with Gasteiger partial charge in [-0.2, -0.15) is 5.10 Å². The lowest BCUT2D eigenvalue weighted by atomic mass is 10.0. The Labute approximate surface area is 244 Å². The fraction of sp³-hybridized carbons (Fsp3) is 0.387. The van der Waals surface area contributed by atoms with E-state index in [0.29, 0.717) is 55.0 Å². The number of piperidine rings is 1. The van der Waals surface area contributed by atoms with E-state index in [1.165, 1.54) is 4.68 Å². The van der Waals surface area contributed by atoms with Gasteiger partial charge in [0.1, 0.15) is 11.4 Å². The largest absolute Gasteiger partial charge is 0.497 e. The molecule has 220 valence electrons. The van der Waals surface area contributed by atoms with E-state index in [9.17, 15) is 19.2 Å². The third-order valence-corrected chi connectivity index (χ3v) is 7.90. The van der Waals surface area contributed by atoms with Crippen LogP contribution in [0.1, 0.15) is 65.6 Å². The maximum absolute atomic E-state index is 14.0. The van der Waals surface area contributed by atoms with E-state index in [4.69, 9.17) is 4.74 Å². The van der Waals surface area contributed by atoms with Gasteiger partial charge in [0.15, 0.2) is 5.69 Å². The van der Waals surface area contributed by atoms with Crippen LogP contribution in [0.5, 0.6) is 5.75 Å². The number of anilines is 2. The summed E-state index contributed by atoms with van der Waals surface area (Å²) in [5, 5.41) is 10.1. The van der Waals surface area contributed by atoms with Gasteiger partial charge in [0.25, 0.3) is 11.8 Å². The lowest BCUT2D eigenvalue weighted by Crippen LogP contribution is -2.39. The van der Waals surface area contributed by atoms with Crippen LogP contribution in [-0.4, -0.2) is 66.7 Å². The monoisotopic (exact) mass is 572 g/mol. The molecule has 0 aliphatic carbocycles. The molecule has 0 bridgehead atoms. The number of aromatic nitrogens is 2. The first-order chi connectivity index (χ1) is 20.3. The van der Waals surface area contributed by atoms with E-state index in [0.717, 1.165) is 18.5 Å². The van der Waals surface area contributed by atoms with Crippen LogP contribution in [0.4, 0.5) is 11.4 Å². The van der Waals surface area contributed by atoms with Gasteiger partial charge >= 0.3 is 0 Å². The molecule has 1 aromatic heterocycles. The van der Waals surface area contributed by atoms with Crippen LogP contribution in [0.25, 0.3) is 5.69 Å². The molecule has 11 heteroatoms. The Hall–Kier alpha value is -4.51. The lowest BCUT2D eigenvalue weighted by molar-refractivity contribution is -0.120. The Kier molecular flexibility index (Phi) is 8.67. The average Bonchev–Trinajstić information content (AvgIpc) is 3.41. The van der Waals surface area contributed by atoms with Gasteiger partial charge in [-0.3, -0.25) is 24.5 Å². The number of hydrogen-bond acceptors (Lipinski definition) is 7. The highest BCUT2D eigenvalue weighted by Gasteiger charge is 2.35. The Bertz CT molecular complexity index is 1480. The van der Waals surface area contributed by atoms with Gasteiger partial charge in [0.2, 0.25) is 11.8 Å². The number of nitrogens with zero attached hydrogens (tertiary/aromatic N) is 4. The molecule has 1 atom stereocenters. The van der Waals surface area contributed by atoms with Gasteiger partial charge in [0, 0.05) is 48.9 Å². The zero-order chi connectivity index (χ0) is 29.8. The van der Waals surface area contributed by atoms with Crippen molar-refractivity contribution in [1.82, 2.24) is 20.4 Å². The molecule has 2 aliphatic rings. The third-order valence-electron chi connectivity index (χ3n) is 7.90. The van der Waals surface area contributed by atoms with Crippen molar-refractivity contribution in [3.05, 3.63) is 65.5 Å². The van der Waals surface area contributed by atoms with Gasteiger partial charge in [-0.15, -0.1) is 0 Å². The van der Waals surface area contributed by atoms with Crippen LogP contribution in [0.2, 0.25) is 0 Å². The Morgan fingerprint density at radius 2 is 1.60 bits per heavy atom. The fourth-order valence-corrected chi connectivity index (χ4v) is 5.33. The highest BCUT2D eigenvalue weighted by molar-refractivity contribution is 6.11. The molecule has 3 heterocycles. The number of carbonyl (C=O) groups excluding carboxylic acids is 4. The second-order valence-electron chi connectivity index (χ2n) is 10.6. The molecular weight excluding hydrogens is 536 g/mol. The summed E-state index contributed by atoms with van der Waals surface area (Å²) in [6, 6.07) is 14.6. The fourth-order valence-electron chi connectivity index (χ4n) is 5.33. The minimum atomic E-state index is -0.627. The topological polar surface area (TPSA) is 126 Å². The zero-order valence-electron chi connectivity index (χ0n) is 24.2. The zero-order valence-corrected chi connectivity index (χ0v) is 24.2. The van der Waals surface area contributed by atoms with Gasteiger partial charge in [-0.1, -0.05) is 0 Å². The smallest absolute Gasteiger partial charge is 0.278 e. The second-order valence-corrected chi connectivity index (χ2v) is 10.6. The molecular formula is C31H36N6O5. The number of fused-ring (bicyclic) bond motifs is 1. The number of nitrogens with one attached hydrogen (secondary N) is 2. The van der Waals surface area contributed by atoms with Crippen molar-refractivity contribution in [2.45, 2.75) is 51.5 Å². The van der Waals surface area contributed by atoms with Gasteiger partial charge in [-0.05, 0) is 88.2 Å². The van der Waals surface area contributed by atoms with Crippen LogP contribution in [0, 0.1) is 0 Å². The molecule has 0 saturated carbocycles. The number of hydrogen-bond donors (Lipinski definition) is 2. The summed E-state index contributed by atoms with van der Waals surface area (Å²) < 4.78 is 6.74. The van der Waals surface area contributed by atoms with Crippen LogP contribution >= 0.6 is 0 Å². The summed E-state index contributed by atoms with van der Waals surface area (Å²) in [4.78, 5) is 55.6. The molecule has 3 aromatic rings. The van der Waals surface area contributed by atoms with E-state index < -0.39 is 11.8 Å². The first-order valence-electron chi connectivity index (χ1n) is 14.3. The maximum Gasteiger partial charge on any atom is 0.278 e. The van der Waals surface area contributed by atoms with Crippen molar-refractivity contribution in [3.63, 3.8) is 0 Å². The summed E-state index contributed by atoms with van der Waals surface area (Å²) in [6.45, 7) is 2.98. The highest BCUT2D eigenvalue weighted by Crippen LogP contribution is 2.31. The molecule has 2 aromatic carbocycles. The standard InChI is InChI=1S/C31H36N6O5/c1-20(32-2)7-16-26(38)33-30(40)28-25-17-19-36(22-10-8-21(9-11-22)35-18-5-4-6-27(35)39)31(41)29(25)37(34-28)23-12-14-24(42-3)15-13-23/h8-15,20,32H,4-7,16-19H2,1-3H3,(H,33,38,40). The number of amides is 4. The summed E-state index contributed by atoms with van der Waals surface area (Å²) in [6.07, 6.45) is 3.54. The summed E-state index contributed by atoms with van der Waals surface area (Å²) >= 11 is 0. The highest BCUT2D eigenvalue weighted by atomic mass is 16.5. The van der Waals surface area contributed by atoms with Gasteiger partial charge in [0.05, 0.1) is 12.8 Å². The number of methoxy groups -OCH3 is 1. The molecule has 1 saturated heterocycles. The van der Waals surface area contributed by atoms with Crippen LogP contribution in [-0.2, 0) is 16.0 Å². The van der Waals surface area contributed by atoms with E-state index in [1.54, 1.807) is 41.2 Å². The lowest BCUT2D eigenvalue weighted by Gasteiger charge is -2.29. The predicted molar refractivity (Wildman–Crippen MR) is 158 cm³/mol. The van der Waals surface area contributed by atoms with Crippen LogP contribution in [0.3, 0.4) is 0 Å². The predicted octanol–water partition coefficient (Wildman–Crippen LogP) is 3.25. The normalized spacial score (nSPS) is 15.8. The Balaban J connectivity index is 1.44. The maximum atomic E-state index is 14.0. The molecule has 11 nitrogen and oxygen atoms in total. The molecule has 2 aliphatic heterocycles. The van der Waals surface area contributed by atoms with Crippen molar-refractivity contribution in [3.8, 4) is 11.4 Å². The van der Waals surface area contributed by atoms with Crippen molar-refractivity contribution >= 4 is 35.0 Å². The quantitative estimate of drug-likeness (QED) is 0.403. The van der Waals surface area contributed by atoms with Gasteiger partial charge < -0.3 is 19.9 Å². The molecule has 4 amide bonds. The summed E-state index contributed by atoms with van der Waals surface area (Å²) in [7, 11) is 3.38. The minimum Gasteiger partial charge on any atom is -0.497 e. The number of ether oxygens (including phenoxy) is 1. The molecule has 42 heavy (non-hydrogen) atoms. The number of carbonyl (C=O) groups is 4. The van der Waals surface area contributed by atoms with Crippen LogP contribution < -0.4 is 25.2 Å². The number of benzene rings is 2. The van der Waals surface area contributed by atoms with E-state index >= 15 is 0 Å². The SMILES string of the molecule is CNC(C)CCC(=O)NC(=O)c1nn(-c2ccc(OC)cc2)c2c1CCN(c1ccc(N3CCCCC3=O)cc1)C2=O. The second kappa shape index (κ2) is 12.6. The molecule has 0 radical (unpaired) electrons. The summed E-state index contributed by atoms with van der Waals surface area (Å²) in [5.74, 6) is -0.589. The molecule has 1 fully saturated rings. The van der Waals surface area contributed by atoms with Crippen molar-refractivity contribution in [2.24, 2.45) is 0 Å². The Morgan fingerprint density at radius 1 is 0.929 bits per heavy atom. The molecule has 2 N–H and O–H groups in total. The van der Waals surface area contributed by atoms with Crippen molar-refractivity contribution in [1.29, 1.82) is 0 Å². The van der Waals surface area contributed by atoms with Crippen LogP contribution in [0.15, 0.2) is 48.5 Å². The van der Waals surface area contributed by atoms with Gasteiger partial charge in [-0.25, -0.2) is 4.68 Å². The molecule has 1 unspecified atom stereocenters. The van der Waals surface area contributed by atoms with Crippen molar-refractivity contribution < 1.29 is 23.9 Å². The summed E-state index contributed by atoms with van der Waals surface area (Å²) in [5.41, 5.74) is 2.89. The van der Waals surface area contributed by atoms with E-state index in [1.807, 2.05) is 38.2 Å². The molecule has 5 rings (SSSR count). The van der Waals surface area contributed by atoms with Crippen molar-refractivity contribution in [2.75, 3.05) is 37.0 Å². The Morgan fingerprint density at radius 3 is 2.24 bits per heavy atom. The first kappa shape index (κ1) is 29.0. The van der Waals surface area contributed by atoms with E-state index in [2.05, 4.69) is 15.7 Å². The number of imide groups is 1. The van der Waals surface area contributed by atoms with E-state index in [-0.39, 0.29) is 35.7 Å². The third kappa shape index (κ3) is 5.91. The first-order valence-corrected chi connectivity index (χ1v) is 14.3. The number of rotatable bonds is 9. The minimum absolute atomic E-state index is 0.0581. The average molecular weight is 573 g/mol. The molecule has 0 spiro atoms.